The summed E-state index contributed by atoms with van der Waals surface area (Å²) in [7, 11) is 5.22. The monoisotopic (exact) mass is 339 g/mol. The molecule has 0 aliphatic heterocycles. The maximum atomic E-state index is 11.1. The van der Waals surface area contributed by atoms with Crippen molar-refractivity contribution in [1.29, 1.82) is 0 Å². The Bertz CT molecular complexity index is 618. The van der Waals surface area contributed by atoms with E-state index in [0.29, 0.717) is 30.8 Å². The highest BCUT2D eigenvalue weighted by Crippen LogP contribution is 2.35. The van der Waals surface area contributed by atoms with Gasteiger partial charge in [-0.05, 0) is 6.07 Å². The van der Waals surface area contributed by atoms with Gasteiger partial charge in [0.1, 0.15) is 0 Å². The van der Waals surface area contributed by atoms with E-state index in [1.165, 1.54) is 19.2 Å². The minimum Gasteiger partial charge on any atom is -0.491 e. The number of carbonyl (C=O) groups is 2. The average Bonchev–Trinajstić information content (AvgIpc) is 2.51. The average molecular weight is 339 g/mol. The Morgan fingerprint density at radius 3 is 2.67 bits per heavy atom. The molecule has 0 aliphatic carbocycles. The van der Waals surface area contributed by atoms with Gasteiger partial charge in [0, 0.05) is 24.9 Å². The van der Waals surface area contributed by atoms with Crippen molar-refractivity contribution in [1.82, 2.24) is 9.80 Å². The van der Waals surface area contributed by atoms with Crippen molar-refractivity contribution in [3.63, 3.8) is 0 Å². The minimum atomic E-state index is -0.507. The molecule has 1 aromatic carbocycles. The first-order valence-corrected chi connectivity index (χ1v) is 7.35. The van der Waals surface area contributed by atoms with Crippen LogP contribution in [0.2, 0.25) is 0 Å². The molecule has 0 spiro atoms. The predicted octanol–water partition coefficient (Wildman–Crippen LogP) is 0.550. The molecule has 3 N–H and O–H groups in total. The molecule has 0 saturated carbocycles. The summed E-state index contributed by atoms with van der Waals surface area (Å²) in [5.41, 5.74) is 5.78. The molecular weight excluding hydrogens is 316 g/mol. The van der Waals surface area contributed by atoms with E-state index in [1.54, 1.807) is 6.07 Å². The normalized spacial score (nSPS) is 12.3. The molecule has 2 amide bonds. The Balaban J connectivity index is 3.01. The quantitative estimate of drug-likeness (QED) is 0.279. The molecule has 1 atom stereocenters. The molecule has 24 heavy (non-hydrogen) atoms. The number of primary amides is 1. The first kappa shape index (κ1) is 19.4. The van der Waals surface area contributed by atoms with Crippen molar-refractivity contribution in [2.24, 2.45) is 5.73 Å². The molecule has 1 unspecified atom stereocenters. The standard InChI is InChI=1S/C15H22N4O5/c1-19(2,7-6-11(17-10-20)8-15(16)21)13-9-12(18(22)23)4-5-14(13)24-3/h4-5,9-11H,6-8H2,1-3H3,(H2-,16,17,20,21)/p+1. The third kappa shape index (κ3) is 5.20. The number of amides is 2. The van der Waals surface area contributed by atoms with E-state index in [-0.39, 0.29) is 22.6 Å². The van der Waals surface area contributed by atoms with Gasteiger partial charge in [-0.2, -0.15) is 0 Å². The molecule has 132 valence electrons. The molecule has 0 saturated heterocycles. The summed E-state index contributed by atoms with van der Waals surface area (Å²) >= 11 is 0. The molecular formula is C15H23N4O5+. The second-order valence-corrected chi connectivity index (χ2v) is 5.96. The van der Waals surface area contributed by atoms with Gasteiger partial charge >= 0.3 is 0 Å². The molecule has 0 aliphatic rings. The SMILES string of the molecule is COc1ccc([N+](=O)[O-])cc1[N+](C)(C)CCC(CC(N)=O)NC=O. The Morgan fingerprint density at radius 2 is 2.17 bits per heavy atom. The summed E-state index contributed by atoms with van der Waals surface area (Å²) in [6.07, 6.45) is 1.03. The number of carbonyl (C=O) groups excluding carboxylic acids is 2. The summed E-state index contributed by atoms with van der Waals surface area (Å²) < 4.78 is 5.58. The zero-order valence-corrected chi connectivity index (χ0v) is 14.0. The molecule has 0 heterocycles. The number of hydrogen-bond donors (Lipinski definition) is 2. The van der Waals surface area contributed by atoms with Gasteiger partial charge in [0.25, 0.3) is 5.69 Å². The van der Waals surface area contributed by atoms with E-state index >= 15 is 0 Å². The van der Waals surface area contributed by atoms with Crippen LogP contribution in [0, 0.1) is 10.1 Å². The van der Waals surface area contributed by atoms with Gasteiger partial charge in [0.2, 0.25) is 12.3 Å². The minimum absolute atomic E-state index is 0.0308. The predicted molar refractivity (Wildman–Crippen MR) is 89.6 cm³/mol. The van der Waals surface area contributed by atoms with E-state index in [1.807, 2.05) is 14.1 Å². The number of nitrogens with one attached hydrogen (secondary N) is 1. The number of nitrogens with two attached hydrogens (primary N) is 1. The molecule has 1 aromatic rings. The molecule has 0 bridgehead atoms. The highest BCUT2D eigenvalue weighted by molar-refractivity contribution is 5.74. The van der Waals surface area contributed by atoms with E-state index in [2.05, 4.69) is 5.32 Å². The van der Waals surface area contributed by atoms with Crippen LogP contribution >= 0.6 is 0 Å². The van der Waals surface area contributed by atoms with Crippen molar-refractivity contribution in [2.45, 2.75) is 18.9 Å². The van der Waals surface area contributed by atoms with Crippen LogP contribution in [0.4, 0.5) is 11.4 Å². The van der Waals surface area contributed by atoms with Crippen molar-refractivity contribution in [2.75, 3.05) is 27.7 Å². The fraction of sp³-hybridized carbons (Fsp3) is 0.467. The van der Waals surface area contributed by atoms with Crippen LogP contribution in [-0.4, -0.2) is 51.0 Å². The third-order valence-corrected chi connectivity index (χ3v) is 3.81. The second-order valence-electron chi connectivity index (χ2n) is 5.96. The zero-order valence-electron chi connectivity index (χ0n) is 14.0. The number of quaternary nitrogens is 1. The van der Waals surface area contributed by atoms with E-state index in [9.17, 15) is 19.7 Å². The topological polar surface area (TPSA) is 125 Å². The lowest BCUT2D eigenvalue weighted by molar-refractivity contribution is -0.384. The largest absolute Gasteiger partial charge is 0.491 e. The number of ether oxygens (including phenoxy) is 1. The molecule has 9 nitrogen and oxygen atoms in total. The molecule has 9 heteroatoms. The summed E-state index contributed by atoms with van der Waals surface area (Å²) in [5, 5.41) is 13.6. The highest BCUT2D eigenvalue weighted by Gasteiger charge is 2.28. The summed E-state index contributed by atoms with van der Waals surface area (Å²) in [4.78, 5) is 32.3. The summed E-state index contributed by atoms with van der Waals surface area (Å²) in [6.45, 7) is 0.510. The number of non-ortho nitro benzene ring substituents is 1. The maximum Gasteiger partial charge on any atom is 0.275 e. The maximum absolute atomic E-state index is 11.1. The fourth-order valence-corrected chi connectivity index (χ4v) is 2.45. The number of rotatable bonds is 10. The van der Waals surface area contributed by atoms with E-state index < -0.39 is 10.8 Å². The molecule has 0 radical (unpaired) electrons. The number of nitro benzene ring substituents is 1. The van der Waals surface area contributed by atoms with Crippen LogP contribution in [0.15, 0.2) is 18.2 Å². The van der Waals surface area contributed by atoms with Gasteiger partial charge in [-0.15, -0.1) is 0 Å². The Labute approximate surface area is 140 Å². The van der Waals surface area contributed by atoms with Crippen LogP contribution in [0.25, 0.3) is 0 Å². The van der Waals surface area contributed by atoms with Gasteiger partial charge in [0.05, 0.1) is 38.7 Å². The lowest BCUT2D eigenvalue weighted by atomic mass is 10.1. The number of nitrogens with zero attached hydrogens (tertiary/aromatic N) is 2. The van der Waals surface area contributed by atoms with Gasteiger partial charge in [0.15, 0.2) is 11.4 Å². The van der Waals surface area contributed by atoms with Crippen molar-refractivity contribution in [3.8, 4) is 5.75 Å². The Kier molecular flexibility index (Phi) is 6.66. The smallest absolute Gasteiger partial charge is 0.275 e. The first-order chi connectivity index (χ1) is 11.2. The highest BCUT2D eigenvalue weighted by atomic mass is 16.6. The summed E-state index contributed by atoms with van der Waals surface area (Å²) in [6, 6.07) is 4.02. The van der Waals surface area contributed by atoms with Gasteiger partial charge in [-0.25, -0.2) is 0 Å². The lowest BCUT2D eigenvalue weighted by Gasteiger charge is -2.31. The molecule has 0 fully saturated rings. The zero-order chi connectivity index (χ0) is 18.3. The van der Waals surface area contributed by atoms with Crippen LogP contribution in [-0.2, 0) is 9.59 Å². The number of nitro groups is 1. The summed E-state index contributed by atoms with van der Waals surface area (Å²) in [5.74, 6) is 0.0213. The number of hydrogen-bond acceptors (Lipinski definition) is 5. The van der Waals surface area contributed by atoms with E-state index in [4.69, 9.17) is 10.5 Å². The van der Waals surface area contributed by atoms with Crippen LogP contribution < -0.4 is 20.3 Å². The van der Waals surface area contributed by atoms with Crippen molar-refractivity contribution in [3.05, 3.63) is 28.3 Å². The van der Waals surface area contributed by atoms with Gasteiger partial charge in [-0.3, -0.25) is 24.2 Å². The van der Waals surface area contributed by atoms with Crippen LogP contribution in [0.5, 0.6) is 5.75 Å². The second kappa shape index (κ2) is 8.25. The Morgan fingerprint density at radius 1 is 1.50 bits per heavy atom. The number of benzene rings is 1. The van der Waals surface area contributed by atoms with Crippen molar-refractivity contribution < 1.29 is 19.2 Å². The Hall–Kier alpha value is -2.68. The lowest BCUT2D eigenvalue weighted by Crippen LogP contribution is -2.45. The van der Waals surface area contributed by atoms with E-state index in [0.717, 1.165) is 0 Å². The van der Waals surface area contributed by atoms with Gasteiger partial charge < -0.3 is 15.8 Å². The first-order valence-electron chi connectivity index (χ1n) is 7.35. The molecule has 0 aromatic heterocycles. The molecule has 1 rings (SSSR count). The third-order valence-electron chi connectivity index (χ3n) is 3.81. The van der Waals surface area contributed by atoms with Gasteiger partial charge in [-0.1, -0.05) is 0 Å². The van der Waals surface area contributed by atoms with Crippen LogP contribution in [0.3, 0.4) is 0 Å². The van der Waals surface area contributed by atoms with Crippen molar-refractivity contribution >= 4 is 23.7 Å². The van der Waals surface area contributed by atoms with Crippen LogP contribution in [0.1, 0.15) is 12.8 Å². The number of methoxy groups -OCH3 is 1. The fourth-order valence-electron chi connectivity index (χ4n) is 2.45.